The van der Waals surface area contributed by atoms with Crippen LogP contribution in [0.3, 0.4) is 0 Å². The summed E-state index contributed by atoms with van der Waals surface area (Å²) in [6.45, 7) is 10.9. The maximum Gasteiger partial charge on any atom is 0.222 e. The number of amides is 1. The molecule has 0 aliphatic rings. The second-order valence-electron chi connectivity index (χ2n) is 7.16. The summed E-state index contributed by atoms with van der Waals surface area (Å²) in [4.78, 5) is 22.8. The molecule has 0 unspecified atom stereocenters. The van der Waals surface area contributed by atoms with Gasteiger partial charge in [0.05, 0.1) is 19.8 Å². The van der Waals surface area contributed by atoms with Gasteiger partial charge in [0.15, 0.2) is 0 Å². The molecule has 1 N–H and O–H groups in total. The summed E-state index contributed by atoms with van der Waals surface area (Å²) < 4.78 is 10.9. The minimum atomic E-state index is 0.0768. The van der Waals surface area contributed by atoms with Crippen LogP contribution in [0.25, 0.3) is 0 Å². The quantitative estimate of drug-likeness (QED) is 0.403. The molecule has 0 rings (SSSR count). The second-order valence-corrected chi connectivity index (χ2v) is 7.16. The Morgan fingerprint density at radius 1 is 0.720 bits per heavy atom. The standard InChI is InChI=1S/C20H39NO4/c1-17(2)19(22)11-14-25-16-15-24-13-10-8-6-5-7-9-12-21-20(23)18(3)4/h17-18H,5-16H2,1-4H3,(H,21,23). The largest absolute Gasteiger partial charge is 0.379 e. The van der Waals surface area contributed by atoms with Crippen molar-refractivity contribution < 1.29 is 19.1 Å². The molecule has 5 nitrogen and oxygen atoms in total. The smallest absolute Gasteiger partial charge is 0.222 e. The SMILES string of the molecule is CC(C)C(=O)CCOCCOCCCCCCCCNC(=O)C(C)C. The molecule has 25 heavy (non-hydrogen) atoms. The summed E-state index contributed by atoms with van der Waals surface area (Å²) in [6, 6.07) is 0. The van der Waals surface area contributed by atoms with Crippen molar-refractivity contribution in [2.45, 2.75) is 72.6 Å². The Morgan fingerprint density at radius 3 is 1.88 bits per heavy atom. The van der Waals surface area contributed by atoms with Gasteiger partial charge < -0.3 is 14.8 Å². The number of unbranched alkanes of at least 4 members (excludes halogenated alkanes) is 5. The van der Waals surface area contributed by atoms with Gasteiger partial charge >= 0.3 is 0 Å². The third-order valence-corrected chi connectivity index (χ3v) is 4.05. The van der Waals surface area contributed by atoms with Crippen molar-refractivity contribution in [2.75, 3.05) is 33.0 Å². The van der Waals surface area contributed by atoms with Crippen LogP contribution in [-0.2, 0) is 19.1 Å². The van der Waals surface area contributed by atoms with E-state index < -0.39 is 0 Å². The Hall–Kier alpha value is -0.940. The van der Waals surface area contributed by atoms with Gasteiger partial charge in [0.1, 0.15) is 5.78 Å². The molecule has 0 spiro atoms. The van der Waals surface area contributed by atoms with E-state index in [4.69, 9.17) is 9.47 Å². The topological polar surface area (TPSA) is 64.6 Å². The van der Waals surface area contributed by atoms with Gasteiger partial charge in [0, 0.05) is 31.4 Å². The van der Waals surface area contributed by atoms with Gasteiger partial charge in [-0.25, -0.2) is 0 Å². The summed E-state index contributed by atoms with van der Waals surface area (Å²) in [5.41, 5.74) is 0. The Balaban J connectivity index is 3.14. The van der Waals surface area contributed by atoms with Gasteiger partial charge in [0.25, 0.3) is 0 Å². The maximum atomic E-state index is 11.4. The average molecular weight is 358 g/mol. The molecule has 0 radical (unpaired) electrons. The Bertz CT molecular complexity index is 311. The van der Waals surface area contributed by atoms with Gasteiger partial charge in [-0.3, -0.25) is 9.59 Å². The molecule has 0 saturated heterocycles. The summed E-state index contributed by atoms with van der Waals surface area (Å²) in [5.74, 6) is 0.572. The number of carbonyl (C=O) groups is 2. The van der Waals surface area contributed by atoms with Crippen molar-refractivity contribution in [3.8, 4) is 0 Å². The number of carbonyl (C=O) groups excluding carboxylic acids is 2. The zero-order valence-electron chi connectivity index (χ0n) is 16.8. The minimum absolute atomic E-state index is 0.0768. The molecule has 0 saturated carbocycles. The lowest BCUT2D eigenvalue weighted by atomic mass is 10.1. The molecule has 0 aromatic rings. The molecule has 0 aliphatic heterocycles. The third kappa shape index (κ3) is 16.3. The first-order valence-electron chi connectivity index (χ1n) is 9.91. The van der Waals surface area contributed by atoms with Crippen LogP contribution in [0.1, 0.15) is 72.6 Å². The Labute approximate surface area is 154 Å². The van der Waals surface area contributed by atoms with Crippen LogP contribution in [0.2, 0.25) is 0 Å². The van der Waals surface area contributed by atoms with Crippen LogP contribution in [0.15, 0.2) is 0 Å². The highest BCUT2D eigenvalue weighted by atomic mass is 16.5. The van der Waals surface area contributed by atoms with Crippen LogP contribution in [0.4, 0.5) is 0 Å². The van der Waals surface area contributed by atoms with Crippen LogP contribution in [-0.4, -0.2) is 44.7 Å². The number of hydrogen-bond acceptors (Lipinski definition) is 4. The van der Waals surface area contributed by atoms with E-state index in [1.54, 1.807) is 0 Å². The summed E-state index contributed by atoms with van der Waals surface area (Å²) >= 11 is 0. The first-order valence-corrected chi connectivity index (χ1v) is 9.91. The number of rotatable bonds is 17. The van der Waals surface area contributed by atoms with E-state index in [1.165, 1.54) is 25.7 Å². The number of Topliss-reactive ketones (excluding diaryl/α,β-unsaturated/α-hetero) is 1. The third-order valence-electron chi connectivity index (χ3n) is 4.05. The van der Waals surface area contributed by atoms with E-state index in [2.05, 4.69) is 5.32 Å². The molecule has 148 valence electrons. The molecule has 0 aliphatic carbocycles. The Morgan fingerprint density at radius 2 is 1.28 bits per heavy atom. The first kappa shape index (κ1) is 24.1. The fourth-order valence-electron chi connectivity index (χ4n) is 2.24. The highest BCUT2D eigenvalue weighted by molar-refractivity contribution is 5.80. The van der Waals surface area contributed by atoms with Gasteiger partial charge in [-0.2, -0.15) is 0 Å². The summed E-state index contributed by atoms with van der Waals surface area (Å²) in [7, 11) is 0. The van der Waals surface area contributed by atoms with E-state index in [0.717, 1.165) is 26.0 Å². The highest BCUT2D eigenvalue weighted by Crippen LogP contribution is 2.05. The van der Waals surface area contributed by atoms with Crippen molar-refractivity contribution >= 4 is 11.7 Å². The first-order chi connectivity index (χ1) is 11.9. The second kappa shape index (κ2) is 16.5. The highest BCUT2D eigenvalue weighted by Gasteiger charge is 2.06. The van der Waals surface area contributed by atoms with E-state index in [-0.39, 0.29) is 23.5 Å². The van der Waals surface area contributed by atoms with Crippen LogP contribution < -0.4 is 5.32 Å². The van der Waals surface area contributed by atoms with Crippen LogP contribution in [0, 0.1) is 11.8 Å². The van der Waals surface area contributed by atoms with Gasteiger partial charge in [-0.1, -0.05) is 53.4 Å². The molecule has 0 aromatic heterocycles. The number of ether oxygens (including phenoxy) is 2. The molecular formula is C20H39NO4. The van der Waals surface area contributed by atoms with E-state index in [0.29, 0.717) is 26.2 Å². The lowest BCUT2D eigenvalue weighted by Gasteiger charge is -2.08. The number of nitrogens with one attached hydrogen (secondary N) is 1. The maximum absolute atomic E-state index is 11.4. The number of ketones is 1. The average Bonchev–Trinajstić information content (AvgIpc) is 2.57. The predicted molar refractivity (Wildman–Crippen MR) is 102 cm³/mol. The zero-order valence-corrected chi connectivity index (χ0v) is 16.8. The van der Waals surface area contributed by atoms with E-state index in [9.17, 15) is 9.59 Å². The minimum Gasteiger partial charge on any atom is -0.379 e. The van der Waals surface area contributed by atoms with Gasteiger partial charge in [0.2, 0.25) is 5.91 Å². The lowest BCUT2D eigenvalue weighted by Crippen LogP contribution is -2.28. The van der Waals surface area contributed by atoms with E-state index >= 15 is 0 Å². The molecule has 0 atom stereocenters. The summed E-state index contributed by atoms with van der Waals surface area (Å²) in [5, 5.41) is 2.94. The monoisotopic (exact) mass is 357 g/mol. The van der Waals surface area contributed by atoms with Crippen molar-refractivity contribution in [1.29, 1.82) is 0 Å². The van der Waals surface area contributed by atoms with Crippen LogP contribution >= 0.6 is 0 Å². The number of hydrogen-bond donors (Lipinski definition) is 1. The molecule has 0 bridgehead atoms. The van der Waals surface area contributed by atoms with Gasteiger partial charge in [-0.05, 0) is 12.8 Å². The van der Waals surface area contributed by atoms with Crippen molar-refractivity contribution in [3.05, 3.63) is 0 Å². The van der Waals surface area contributed by atoms with E-state index in [1.807, 2.05) is 27.7 Å². The lowest BCUT2D eigenvalue weighted by molar-refractivity contribution is -0.124. The fourth-order valence-corrected chi connectivity index (χ4v) is 2.24. The van der Waals surface area contributed by atoms with Crippen LogP contribution in [0.5, 0.6) is 0 Å². The molecule has 1 amide bonds. The van der Waals surface area contributed by atoms with Gasteiger partial charge in [-0.15, -0.1) is 0 Å². The Kier molecular flexibility index (Phi) is 15.9. The summed E-state index contributed by atoms with van der Waals surface area (Å²) in [6.07, 6.45) is 7.42. The molecule has 5 heteroatoms. The van der Waals surface area contributed by atoms with Crippen molar-refractivity contribution in [3.63, 3.8) is 0 Å². The molecule has 0 aromatic carbocycles. The molecule has 0 heterocycles. The van der Waals surface area contributed by atoms with Crippen molar-refractivity contribution in [1.82, 2.24) is 5.32 Å². The predicted octanol–water partition coefficient (Wildman–Crippen LogP) is 3.75. The zero-order chi connectivity index (χ0) is 18.9. The fraction of sp³-hybridized carbons (Fsp3) is 0.900. The molecule has 0 fully saturated rings. The van der Waals surface area contributed by atoms with Crippen molar-refractivity contribution in [2.24, 2.45) is 11.8 Å². The molecular weight excluding hydrogens is 318 g/mol. The normalized spacial score (nSPS) is 11.3.